The second-order valence-corrected chi connectivity index (χ2v) is 7.18. The van der Waals surface area contributed by atoms with Crippen molar-refractivity contribution in [2.75, 3.05) is 44.3 Å². The van der Waals surface area contributed by atoms with Crippen LogP contribution in [0, 0.1) is 0 Å². The molecular weight excluding hydrogens is 375 g/mol. The van der Waals surface area contributed by atoms with Gasteiger partial charge in [0.1, 0.15) is 11.9 Å². The number of aromatic nitrogens is 1. The Labute approximate surface area is 162 Å². The van der Waals surface area contributed by atoms with Gasteiger partial charge < -0.3 is 19.3 Å². The van der Waals surface area contributed by atoms with E-state index in [0.29, 0.717) is 45.0 Å². The van der Waals surface area contributed by atoms with Gasteiger partial charge >= 0.3 is 6.18 Å². The number of halogens is 3. The van der Waals surface area contributed by atoms with Gasteiger partial charge in [-0.1, -0.05) is 0 Å². The fourth-order valence-electron chi connectivity index (χ4n) is 3.46. The molecule has 0 radical (unpaired) electrons. The molecule has 2 unspecified atom stereocenters. The Balaban J connectivity index is 1.51. The summed E-state index contributed by atoms with van der Waals surface area (Å²) >= 11 is 0. The van der Waals surface area contributed by atoms with Crippen LogP contribution in [0.25, 0.3) is 0 Å². The maximum atomic E-state index is 12.7. The van der Waals surface area contributed by atoms with Gasteiger partial charge in [-0.15, -0.1) is 0 Å². The van der Waals surface area contributed by atoms with Crippen molar-refractivity contribution in [1.29, 1.82) is 0 Å². The molecule has 0 N–H and O–H groups in total. The van der Waals surface area contributed by atoms with Crippen molar-refractivity contribution in [3.05, 3.63) is 23.9 Å². The molecule has 0 saturated carbocycles. The zero-order chi connectivity index (χ0) is 20.1. The molecule has 0 spiro atoms. The summed E-state index contributed by atoms with van der Waals surface area (Å²) in [6, 6.07) is 2.42. The normalized spacial score (nSPS) is 22.2. The van der Waals surface area contributed by atoms with Crippen molar-refractivity contribution in [1.82, 2.24) is 9.88 Å². The first-order chi connectivity index (χ1) is 13.3. The Morgan fingerprint density at radius 2 is 2.11 bits per heavy atom. The maximum absolute atomic E-state index is 12.7. The minimum absolute atomic E-state index is 0.0692. The number of pyridine rings is 1. The van der Waals surface area contributed by atoms with Crippen molar-refractivity contribution in [3.63, 3.8) is 0 Å². The molecule has 2 fully saturated rings. The molecule has 6 nitrogen and oxygen atoms in total. The third kappa shape index (κ3) is 5.35. The smallest absolute Gasteiger partial charge is 0.376 e. The largest absolute Gasteiger partial charge is 0.417 e. The number of nitrogens with zero attached hydrogens (tertiary/aromatic N) is 3. The van der Waals surface area contributed by atoms with Crippen molar-refractivity contribution in [2.45, 2.75) is 44.6 Å². The monoisotopic (exact) mass is 401 g/mol. The van der Waals surface area contributed by atoms with E-state index in [1.807, 2.05) is 4.90 Å². The Morgan fingerprint density at radius 1 is 1.29 bits per heavy atom. The average molecular weight is 401 g/mol. The SMILES string of the molecule is CC(OCC1CCCO1)C(=O)N1CCCN(c2ccc(C(F)(F)F)cn2)CC1. The number of ether oxygens (including phenoxy) is 2. The molecule has 2 aliphatic rings. The van der Waals surface area contributed by atoms with E-state index in [-0.39, 0.29) is 12.0 Å². The van der Waals surface area contributed by atoms with Crippen LogP contribution in [-0.4, -0.2) is 67.4 Å². The molecule has 156 valence electrons. The number of hydrogen-bond acceptors (Lipinski definition) is 5. The number of rotatable bonds is 5. The van der Waals surface area contributed by atoms with E-state index < -0.39 is 17.8 Å². The Morgan fingerprint density at radius 3 is 2.75 bits per heavy atom. The van der Waals surface area contributed by atoms with Crippen LogP contribution in [0.15, 0.2) is 18.3 Å². The highest BCUT2D eigenvalue weighted by Crippen LogP contribution is 2.29. The predicted octanol–water partition coefficient (Wildman–Crippen LogP) is 2.72. The number of carbonyl (C=O) groups is 1. The molecule has 3 heterocycles. The standard InChI is InChI=1S/C19H26F3N3O3/c1-14(28-13-16-4-2-11-27-16)18(26)25-8-3-7-24(9-10-25)17-6-5-15(12-23-17)19(20,21)22/h5-6,12,14,16H,2-4,7-11,13H2,1H3. The molecule has 0 bridgehead atoms. The van der Waals surface area contributed by atoms with Crippen LogP contribution in [-0.2, 0) is 20.4 Å². The van der Waals surface area contributed by atoms with Gasteiger partial charge in [0.25, 0.3) is 5.91 Å². The third-order valence-electron chi connectivity index (χ3n) is 5.11. The summed E-state index contributed by atoms with van der Waals surface area (Å²) in [5, 5.41) is 0. The molecule has 2 aliphatic heterocycles. The number of hydrogen-bond donors (Lipinski definition) is 0. The summed E-state index contributed by atoms with van der Waals surface area (Å²) in [6.45, 7) is 5.13. The highest BCUT2D eigenvalue weighted by molar-refractivity contribution is 5.80. The highest BCUT2D eigenvalue weighted by Gasteiger charge is 2.31. The second-order valence-electron chi connectivity index (χ2n) is 7.18. The topological polar surface area (TPSA) is 54.9 Å². The van der Waals surface area contributed by atoms with Gasteiger partial charge in [0.2, 0.25) is 0 Å². The van der Waals surface area contributed by atoms with Gasteiger partial charge in [0, 0.05) is 39.0 Å². The van der Waals surface area contributed by atoms with Gasteiger partial charge in [0.05, 0.1) is 18.3 Å². The van der Waals surface area contributed by atoms with Crippen molar-refractivity contribution in [3.8, 4) is 0 Å². The molecule has 28 heavy (non-hydrogen) atoms. The predicted molar refractivity (Wildman–Crippen MR) is 97.0 cm³/mol. The van der Waals surface area contributed by atoms with Crippen LogP contribution in [0.5, 0.6) is 0 Å². The van der Waals surface area contributed by atoms with E-state index in [9.17, 15) is 18.0 Å². The van der Waals surface area contributed by atoms with Gasteiger partial charge in [-0.25, -0.2) is 4.98 Å². The molecular formula is C19H26F3N3O3. The van der Waals surface area contributed by atoms with Crippen molar-refractivity contribution >= 4 is 11.7 Å². The number of amides is 1. The van der Waals surface area contributed by atoms with E-state index in [0.717, 1.165) is 31.7 Å². The molecule has 9 heteroatoms. The fraction of sp³-hybridized carbons (Fsp3) is 0.684. The van der Waals surface area contributed by atoms with Gasteiger partial charge in [-0.3, -0.25) is 4.79 Å². The van der Waals surface area contributed by atoms with E-state index in [2.05, 4.69) is 4.98 Å². The Hall–Kier alpha value is -1.87. The fourth-order valence-corrected chi connectivity index (χ4v) is 3.46. The van der Waals surface area contributed by atoms with E-state index in [4.69, 9.17) is 9.47 Å². The van der Waals surface area contributed by atoms with Gasteiger partial charge in [-0.2, -0.15) is 13.2 Å². The molecule has 2 atom stereocenters. The quantitative estimate of drug-likeness (QED) is 0.760. The zero-order valence-corrected chi connectivity index (χ0v) is 16.0. The second kappa shape index (κ2) is 9.09. The number of carbonyl (C=O) groups excluding carboxylic acids is 1. The Bertz CT molecular complexity index is 648. The molecule has 2 saturated heterocycles. The van der Waals surface area contributed by atoms with E-state index in [1.54, 1.807) is 11.8 Å². The van der Waals surface area contributed by atoms with Crippen LogP contribution in [0.1, 0.15) is 31.7 Å². The van der Waals surface area contributed by atoms with Crippen LogP contribution < -0.4 is 4.90 Å². The van der Waals surface area contributed by atoms with Crippen LogP contribution >= 0.6 is 0 Å². The lowest BCUT2D eigenvalue weighted by atomic mass is 10.2. The van der Waals surface area contributed by atoms with E-state index >= 15 is 0 Å². The van der Waals surface area contributed by atoms with Crippen molar-refractivity contribution in [2.24, 2.45) is 0 Å². The first-order valence-corrected chi connectivity index (χ1v) is 9.65. The van der Waals surface area contributed by atoms with Crippen molar-refractivity contribution < 1.29 is 27.4 Å². The van der Waals surface area contributed by atoms with Crippen LogP contribution in [0.2, 0.25) is 0 Å². The molecule has 1 aromatic rings. The first kappa shape index (κ1) is 20.9. The summed E-state index contributed by atoms with van der Waals surface area (Å²) in [5.41, 5.74) is -0.764. The van der Waals surface area contributed by atoms with Crippen LogP contribution in [0.4, 0.5) is 19.0 Å². The summed E-state index contributed by atoms with van der Waals surface area (Å²) in [4.78, 5) is 20.3. The lowest BCUT2D eigenvalue weighted by molar-refractivity contribution is -0.144. The maximum Gasteiger partial charge on any atom is 0.417 e. The zero-order valence-electron chi connectivity index (χ0n) is 16.0. The van der Waals surface area contributed by atoms with Gasteiger partial charge in [-0.05, 0) is 38.3 Å². The average Bonchev–Trinajstić information content (AvgIpc) is 3.07. The summed E-state index contributed by atoms with van der Waals surface area (Å²) in [7, 11) is 0. The minimum atomic E-state index is -4.40. The van der Waals surface area contributed by atoms with Crippen LogP contribution in [0.3, 0.4) is 0 Å². The van der Waals surface area contributed by atoms with E-state index in [1.165, 1.54) is 6.07 Å². The molecule has 0 aliphatic carbocycles. The van der Waals surface area contributed by atoms with Gasteiger partial charge in [0.15, 0.2) is 0 Å². The number of anilines is 1. The highest BCUT2D eigenvalue weighted by atomic mass is 19.4. The molecule has 1 aromatic heterocycles. The molecule has 0 aromatic carbocycles. The Kier molecular flexibility index (Phi) is 6.77. The first-order valence-electron chi connectivity index (χ1n) is 9.65. The molecule has 1 amide bonds. The summed E-state index contributed by atoms with van der Waals surface area (Å²) in [5.74, 6) is 0.421. The number of alkyl halides is 3. The minimum Gasteiger partial charge on any atom is -0.376 e. The third-order valence-corrected chi connectivity index (χ3v) is 5.11. The molecule has 3 rings (SSSR count). The lowest BCUT2D eigenvalue weighted by Gasteiger charge is -2.25. The summed E-state index contributed by atoms with van der Waals surface area (Å²) < 4.78 is 49.3. The summed E-state index contributed by atoms with van der Waals surface area (Å²) in [6.07, 6.45) is -1.32. The lowest BCUT2D eigenvalue weighted by Crippen LogP contribution is -2.42.